The number of ketones is 1. The van der Waals surface area contributed by atoms with Crippen molar-refractivity contribution in [3.05, 3.63) is 54.2 Å². The van der Waals surface area contributed by atoms with Gasteiger partial charge in [-0.05, 0) is 31.2 Å². The van der Waals surface area contributed by atoms with Crippen molar-refractivity contribution in [3.63, 3.8) is 0 Å². The van der Waals surface area contributed by atoms with Crippen LogP contribution < -0.4 is 4.72 Å². The first kappa shape index (κ1) is 13.2. The summed E-state index contributed by atoms with van der Waals surface area (Å²) in [6.07, 6.45) is 1.49. The Labute approximate surface area is 111 Å². The molecule has 1 aromatic carbocycles. The number of hydrogen-bond acceptors (Lipinski definition) is 4. The summed E-state index contributed by atoms with van der Waals surface area (Å²) in [5.74, 6) is 0.0469. The molecule has 0 aliphatic heterocycles. The maximum Gasteiger partial charge on any atom is 0.263 e. The molecule has 2 aromatic rings. The lowest BCUT2D eigenvalue weighted by atomic mass is 10.2. The van der Waals surface area contributed by atoms with Gasteiger partial charge < -0.3 is 0 Å². The number of carbonyl (C=O) groups excluding carboxylic acids is 1. The van der Waals surface area contributed by atoms with Gasteiger partial charge in [0.15, 0.2) is 5.78 Å². The summed E-state index contributed by atoms with van der Waals surface area (Å²) in [5.41, 5.74) is 0.351. The van der Waals surface area contributed by atoms with E-state index in [4.69, 9.17) is 0 Å². The number of anilines is 1. The first-order chi connectivity index (χ1) is 8.99. The Morgan fingerprint density at radius 3 is 2.58 bits per heavy atom. The fourth-order valence-electron chi connectivity index (χ4n) is 1.50. The van der Waals surface area contributed by atoms with Crippen LogP contribution in [0.2, 0.25) is 0 Å². The van der Waals surface area contributed by atoms with Crippen molar-refractivity contribution < 1.29 is 13.2 Å². The van der Waals surface area contributed by atoms with E-state index in [1.165, 1.54) is 31.3 Å². The average Bonchev–Trinajstić information content (AvgIpc) is 2.39. The number of benzene rings is 1. The molecule has 0 saturated heterocycles. The highest BCUT2D eigenvalue weighted by Crippen LogP contribution is 2.15. The Morgan fingerprint density at radius 2 is 1.95 bits per heavy atom. The molecule has 0 spiro atoms. The first-order valence-corrected chi connectivity index (χ1v) is 7.02. The van der Waals surface area contributed by atoms with Gasteiger partial charge in [0.1, 0.15) is 5.82 Å². The maximum absolute atomic E-state index is 12.1. The lowest BCUT2D eigenvalue weighted by molar-refractivity contribution is 0.101. The number of sulfonamides is 1. The molecular formula is C13H12N2O3S. The third-order valence-electron chi connectivity index (χ3n) is 2.45. The molecule has 2 rings (SSSR count). The second-order valence-corrected chi connectivity index (χ2v) is 5.59. The number of nitrogens with one attached hydrogen (secondary N) is 1. The van der Waals surface area contributed by atoms with Gasteiger partial charge in [0, 0.05) is 11.8 Å². The number of nitrogens with zero attached hydrogens (tertiary/aromatic N) is 1. The summed E-state index contributed by atoms with van der Waals surface area (Å²) in [6, 6.07) is 10.8. The fraction of sp³-hybridized carbons (Fsp3) is 0.0769. The van der Waals surface area contributed by atoms with E-state index in [1.54, 1.807) is 24.3 Å². The van der Waals surface area contributed by atoms with E-state index in [2.05, 4.69) is 9.71 Å². The molecule has 98 valence electrons. The highest BCUT2D eigenvalue weighted by Gasteiger charge is 2.15. The molecule has 0 amide bonds. The molecule has 0 unspecified atom stereocenters. The Morgan fingerprint density at radius 1 is 1.16 bits per heavy atom. The van der Waals surface area contributed by atoms with Gasteiger partial charge in [-0.3, -0.25) is 9.52 Å². The van der Waals surface area contributed by atoms with E-state index >= 15 is 0 Å². The van der Waals surface area contributed by atoms with Crippen LogP contribution in [0.3, 0.4) is 0 Å². The predicted octanol–water partition coefficient (Wildman–Crippen LogP) is 2.08. The van der Waals surface area contributed by atoms with Crippen molar-refractivity contribution in [2.45, 2.75) is 11.8 Å². The predicted molar refractivity (Wildman–Crippen MR) is 71.5 cm³/mol. The number of aromatic nitrogens is 1. The summed E-state index contributed by atoms with van der Waals surface area (Å²) in [5, 5.41) is 0. The Kier molecular flexibility index (Phi) is 3.62. The number of pyridine rings is 1. The van der Waals surface area contributed by atoms with Gasteiger partial charge in [0.2, 0.25) is 0 Å². The summed E-state index contributed by atoms with van der Waals surface area (Å²) in [4.78, 5) is 15.2. The summed E-state index contributed by atoms with van der Waals surface area (Å²) >= 11 is 0. The quantitative estimate of drug-likeness (QED) is 0.867. The van der Waals surface area contributed by atoms with E-state index in [0.717, 1.165) is 0 Å². The zero-order valence-electron chi connectivity index (χ0n) is 10.2. The van der Waals surface area contributed by atoms with Crippen LogP contribution in [0.5, 0.6) is 0 Å². The van der Waals surface area contributed by atoms with Crippen LogP contribution in [-0.4, -0.2) is 19.2 Å². The lowest BCUT2D eigenvalue weighted by Gasteiger charge is -2.07. The van der Waals surface area contributed by atoms with E-state index in [-0.39, 0.29) is 16.5 Å². The van der Waals surface area contributed by atoms with Gasteiger partial charge in [-0.25, -0.2) is 13.4 Å². The minimum Gasteiger partial charge on any atom is -0.295 e. The van der Waals surface area contributed by atoms with Crippen LogP contribution in [-0.2, 0) is 10.0 Å². The van der Waals surface area contributed by atoms with E-state index < -0.39 is 10.0 Å². The third-order valence-corrected chi connectivity index (χ3v) is 3.81. The number of carbonyl (C=O) groups is 1. The summed E-state index contributed by atoms with van der Waals surface area (Å²) in [7, 11) is -3.73. The molecule has 6 heteroatoms. The molecule has 0 atom stereocenters. The normalized spacial score (nSPS) is 11.0. The van der Waals surface area contributed by atoms with Crippen molar-refractivity contribution in [2.24, 2.45) is 0 Å². The fourth-order valence-corrected chi connectivity index (χ4v) is 2.56. The van der Waals surface area contributed by atoms with Crippen LogP contribution in [0.4, 0.5) is 5.82 Å². The van der Waals surface area contributed by atoms with Crippen molar-refractivity contribution in [1.82, 2.24) is 4.98 Å². The Balaban J connectivity index is 2.35. The molecule has 0 aliphatic carbocycles. The van der Waals surface area contributed by atoms with Crippen LogP contribution in [0.1, 0.15) is 17.3 Å². The van der Waals surface area contributed by atoms with Crippen LogP contribution in [0, 0.1) is 0 Å². The first-order valence-electron chi connectivity index (χ1n) is 5.54. The van der Waals surface area contributed by atoms with Crippen molar-refractivity contribution in [2.75, 3.05) is 4.72 Å². The van der Waals surface area contributed by atoms with Gasteiger partial charge in [-0.1, -0.05) is 18.2 Å². The summed E-state index contributed by atoms with van der Waals surface area (Å²) < 4.78 is 26.6. The molecule has 0 bridgehead atoms. The zero-order chi connectivity index (χ0) is 13.9. The molecule has 5 nitrogen and oxygen atoms in total. The molecule has 0 fully saturated rings. The van der Waals surface area contributed by atoms with Crippen molar-refractivity contribution in [1.29, 1.82) is 0 Å². The molecule has 19 heavy (non-hydrogen) atoms. The largest absolute Gasteiger partial charge is 0.295 e. The lowest BCUT2D eigenvalue weighted by Crippen LogP contribution is -2.14. The smallest absolute Gasteiger partial charge is 0.263 e. The van der Waals surface area contributed by atoms with Gasteiger partial charge in [0.25, 0.3) is 10.0 Å². The van der Waals surface area contributed by atoms with E-state index in [9.17, 15) is 13.2 Å². The maximum atomic E-state index is 12.1. The van der Waals surface area contributed by atoms with Crippen LogP contribution >= 0.6 is 0 Å². The molecule has 0 saturated carbocycles. The monoisotopic (exact) mass is 276 g/mol. The number of hydrogen-bond donors (Lipinski definition) is 1. The van der Waals surface area contributed by atoms with Gasteiger partial charge >= 0.3 is 0 Å². The average molecular weight is 276 g/mol. The second kappa shape index (κ2) is 5.19. The molecule has 0 aliphatic rings. The van der Waals surface area contributed by atoms with Crippen molar-refractivity contribution >= 4 is 21.6 Å². The number of rotatable bonds is 4. The van der Waals surface area contributed by atoms with E-state index in [0.29, 0.717) is 5.56 Å². The van der Waals surface area contributed by atoms with Gasteiger partial charge in [0.05, 0.1) is 4.90 Å². The Hall–Kier alpha value is -2.21. The minimum atomic E-state index is -3.73. The standard InChI is InChI=1S/C13H12N2O3S/c1-10(16)11-5-4-6-12(9-11)19(17,18)15-13-7-2-3-8-14-13/h2-9H,1H3,(H,14,15). The van der Waals surface area contributed by atoms with Crippen molar-refractivity contribution in [3.8, 4) is 0 Å². The van der Waals surface area contributed by atoms with Gasteiger partial charge in [-0.15, -0.1) is 0 Å². The van der Waals surface area contributed by atoms with Gasteiger partial charge in [-0.2, -0.15) is 0 Å². The zero-order valence-corrected chi connectivity index (χ0v) is 11.0. The van der Waals surface area contributed by atoms with Crippen LogP contribution in [0.15, 0.2) is 53.6 Å². The highest BCUT2D eigenvalue weighted by molar-refractivity contribution is 7.92. The molecule has 1 aromatic heterocycles. The minimum absolute atomic E-state index is 0.0332. The molecule has 1 heterocycles. The topological polar surface area (TPSA) is 76.1 Å². The molecular weight excluding hydrogens is 264 g/mol. The number of Topliss-reactive ketones (excluding diaryl/α,β-unsaturated/α-hetero) is 1. The molecule has 0 radical (unpaired) electrons. The second-order valence-electron chi connectivity index (χ2n) is 3.90. The molecule has 1 N–H and O–H groups in total. The Bertz CT molecular complexity index is 697. The van der Waals surface area contributed by atoms with Crippen LogP contribution in [0.25, 0.3) is 0 Å². The summed E-state index contributed by atoms with van der Waals surface area (Å²) in [6.45, 7) is 1.39. The van der Waals surface area contributed by atoms with E-state index in [1.807, 2.05) is 0 Å². The SMILES string of the molecule is CC(=O)c1cccc(S(=O)(=O)Nc2ccccn2)c1. The highest BCUT2D eigenvalue weighted by atomic mass is 32.2. The third kappa shape index (κ3) is 3.17.